The Balaban J connectivity index is 1.63. The van der Waals surface area contributed by atoms with Crippen LogP contribution in [0.15, 0.2) is 16.7 Å². The van der Waals surface area contributed by atoms with E-state index in [1.807, 2.05) is 0 Å². The van der Waals surface area contributed by atoms with Crippen molar-refractivity contribution >= 4 is 5.91 Å². The number of aromatic nitrogens is 3. The van der Waals surface area contributed by atoms with Crippen LogP contribution in [0.4, 0.5) is 0 Å². The maximum Gasteiger partial charge on any atom is 0.259 e. The summed E-state index contributed by atoms with van der Waals surface area (Å²) in [4.78, 5) is 14.3. The van der Waals surface area contributed by atoms with Crippen LogP contribution in [0.5, 0.6) is 11.8 Å². The van der Waals surface area contributed by atoms with Gasteiger partial charge >= 0.3 is 0 Å². The second kappa shape index (κ2) is 6.23. The molecule has 0 radical (unpaired) electrons. The van der Waals surface area contributed by atoms with Gasteiger partial charge in [-0.05, 0) is 13.8 Å². The lowest BCUT2D eigenvalue weighted by molar-refractivity contribution is 0.0768. The molecule has 122 valence electrons. The van der Waals surface area contributed by atoms with Gasteiger partial charge in [0.2, 0.25) is 11.8 Å². The highest BCUT2D eigenvalue weighted by Gasteiger charge is 2.31. The number of carbonyl (C=O) groups is 1. The summed E-state index contributed by atoms with van der Waals surface area (Å²) in [5.41, 5.74) is 1.15. The number of amides is 1. The van der Waals surface area contributed by atoms with Crippen LogP contribution in [0.3, 0.4) is 0 Å². The van der Waals surface area contributed by atoms with Crippen LogP contribution in [0.2, 0.25) is 0 Å². The molecule has 2 aromatic heterocycles. The molecule has 1 aliphatic rings. The van der Waals surface area contributed by atoms with Crippen molar-refractivity contribution in [3.8, 4) is 11.8 Å². The SMILES string of the molecule is COc1ccc(O[C@H]2CCN(C(=O)c3c(C)noc3C)C2)nn1. The summed E-state index contributed by atoms with van der Waals surface area (Å²) in [7, 11) is 1.53. The molecule has 0 aromatic carbocycles. The van der Waals surface area contributed by atoms with E-state index in [1.54, 1.807) is 30.9 Å². The zero-order valence-corrected chi connectivity index (χ0v) is 13.3. The Morgan fingerprint density at radius 1 is 1.30 bits per heavy atom. The fourth-order valence-corrected chi connectivity index (χ4v) is 2.61. The monoisotopic (exact) mass is 318 g/mol. The molecule has 0 unspecified atom stereocenters. The zero-order chi connectivity index (χ0) is 16.4. The van der Waals surface area contributed by atoms with E-state index in [4.69, 9.17) is 14.0 Å². The minimum atomic E-state index is -0.109. The Bertz CT molecular complexity index is 679. The lowest BCUT2D eigenvalue weighted by Crippen LogP contribution is -2.31. The van der Waals surface area contributed by atoms with Crippen LogP contribution in [-0.2, 0) is 0 Å². The second-order valence-corrected chi connectivity index (χ2v) is 5.39. The van der Waals surface area contributed by atoms with Gasteiger partial charge in [0.1, 0.15) is 17.4 Å². The molecular formula is C15H18N4O4. The molecule has 8 heteroatoms. The predicted octanol–water partition coefficient (Wildman–Crippen LogP) is 1.38. The topological polar surface area (TPSA) is 90.6 Å². The predicted molar refractivity (Wildman–Crippen MR) is 79.5 cm³/mol. The fourth-order valence-electron chi connectivity index (χ4n) is 2.61. The number of hydrogen-bond acceptors (Lipinski definition) is 7. The fraction of sp³-hybridized carbons (Fsp3) is 0.467. The molecule has 1 atom stereocenters. The van der Waals surface area contributed by atoms with Crippen LogP contribution in [0, 0.1) is 13.8 Å². The maximum atomic E-state index is 12.6. The van der Waals surface area contributed by atoms with Gasteiger partial charge in [0.15, 0.2) is 0 Å². The molecule has 0 spiro atoms. The maximum absolute atomic E-state index is 12.6. The van der Waals surface area contributed by atoms with Crippen LogP contribution >= 0.6 is 0 Å². The van der Waals surface area contributed by atoms with E-state index < -0.39 is 0 Å². The summed E-state index contributed by atoms with van der Waals surface area (Å²) in [5, 5.41) is 11.6. The number of nitrogens with zero attached hydrogens (tertiary/aromatic N) is 4. The molecule has 1 saturated heterocycles. The highest BCUT2D eigenvalue weighted by molar-refractivity contribution is 5.96. The average Bonchev–Trinajstić information content (AvgIpc) is 3.15. The molecule has 0 saturated carbocycles. The summed E-state index contributed by atoms with van der Waals surface area (Å²) in [5.74, 6) is 1.31. The third kappa shape index (κ3) is 3.10. The number of methoxy groups -OCH3 is 1. The van der Waals surface area contributed by atoms with Crippen LogP contribution in [0.1, 0.15) is 28.2 Å². The van der Waals surface area contributed by atoms with Gasteiger partial charge < -0.3 is 18.9 Å². The molecule has 2 aromatic rings. The number of likely N-dealkylation sites (tertiary alicyclic amines) is 1. The van der Waals surface area contributed by atoms with Crippen molar-refractivity contribution in [2.45, 2.75) is 26.4 Å². The molecule has 3 rings (SSSR count). The van der Waals surface area contributed by atoms with Crippen molar-refractivity contribution in [3.05, 3.63) is 29.2 Å². The van der Waals surface area contributed by atoms with Gasteiger partial charge in [-0.15, -0.1) is 10.2 Å². The highest BCUT2D eigenvalue weighted by Crippen LogP contribution is 2.21. The van der Waals surface area contributed by atoms with Gasteiger partial charge in [-0.1, -0.05) is 5.16 Å². The molecule has 1 amide bonds. The number of carbonyl (C=O) groups excluding carboxylic acids is 1. The first-order valence-corrected chi connectivity index (χ1v) is 7.35. The van der Waals surface area contributed by atoms with Crippen molar-refractivity contribution < 1.29 is 18.8 Å². The van der Waals surface area contributed by atoms with Crippen LogP contribution in [0.25, 0.3) is 0 Å². The molecular weight excluding hydrogens is 300 g/mol. The summed E-state index contributed by atoms with van der Waals surface area (Å²) >= 11 is 0. The summed E-state index contributed by atoms with van der Waals surface area (Å²) in [6.07, 6.45) is 0.630. The molecule has 1 fully saturated rings. The molecule has 8 nitrogen and oxygen atoms in total. The largest absolute Gasteiger partial charge is 0.480 e. The lowest BCUT2D eigenvalue weighted by atomic mass is 10.2. The third-order valence-electron chi connectivity index (χ3n) is 3.79. The van der Waals surface area contributed by atoms with E-state index in [-0.39, 0.29) is 12.0 Å². The van der Waals surface area contributed by atoms with Gasteiger partial charge in [-0.3, -0.25) is 4.79 Å². The van der Waals surface area contributed by atoms with Crippen molar-refractivity contribution in [2.24, 2.45) is 0 Å². The van der Waals surface area contributed by atoms with Crippen molar-refractivity contribution in [1.82, 2.24) is 20.3 Å². The van der Waals surface area contributed by atoms with E-state index in [0.29, 0.717) is 41.9 Å². The van der Waals surface area contributed by atoms with E-state index >= 15 is 0 Å². The molecule has 0 bridgehead atoms. The summed E-state index contributed by atoms with van der Waals surface area (Å²) in [6, 6.07) is 3.38. The summed E-state index contributed by atoms with van der Waals surface area (Å²) in [6.45, 7) is 4.62. The van der Waals surface area contributed by atoms with E-state index in [9.17, 15) is 4.79 Å². The Labute approximate surface area is 133 Å². The second-order valence-electron chi connectivity index (χ2n) is 5.39. The summed E-state index contributed by atoms with van der Waals surface area (Å²) < 4.78 is 15.8. The van der Waals surface area contributed by atoms with Gasteiger partial charge in [0.25, 0.3) is 5.91 Å². The number of hydrogen-bond donors (Lipinski definition) is 0. The van der Waals surface area contributed by atoms with Crippen LogP contribution < -0.4 is 9.47 Å². The zero-order valence-electron chi connectivity index (χ0n) is 13.3. The van der Waals surface area contributed by atoms with E-state index in [0.717, 1.165) is 6.42 Å². The van der Waals surface area contributed by atoms with Gasteiger partial charge in [-0.2, -0.15) is 0 Å². The molecule has 1 aliphatic heterocycles. The van der Waals surface area contributed by atoms with Crippen molar-refractivity contribution in [3.63, 3.8) is 0 Å². The van der Waals surface area contributed by atoms with Crippen LogP contribution in [-0.4, -0.2) is 52.5 Å². The quantitative estimate of drug-likeness (QED) is 0.841. The van der Waals surface area contributed by atoms with E-state index in [2.05, 4.69) is 15.4 Å². The third-order valence-corrected chi connectivity index (χ3v) is 3.79. The molecule has 23 heavy (non-hydrogen) atoms. The lowest BCUT2D eigenvalue weighted by Gasteiger charge is -2.16. The highest BCUT2D eigenvalue weighted by atomic mass is 16.5. The number of ether oxygens (including phenoxy) is 2. The first-order chi connectivity index (χ1) is 11.1. The minimum absolute atomic E-state index is 0.0758. The Kier molecular flexibility index (Phi) is 4.14. The Hall–Kier alpha value is -2.64. The van der Waals surface area contributed by atoms with Gasteiger partial charge in [0, 0.05) is 25.1 Å². The normalized spacial score (nSPS) is 17.3. The minimum Gasteiger partial charge on any atom is -0.480 e. The molecule has 0 N–H and O–H groups in total. The standard InChI is InChI=1S/C15H18N4O4/c1-9-14(10(2)23-18-9)15(20)19-7-6-11(8-19)22-13-5-4-12(21-3)16-17-13/h4-5,11H,6-8H2,1-3H3/t11-/m0/s1. The van der Waals surface area contributed by atoms with Gasteiger partial charge in [0.05, 0.1) is 19.3 Å². The van der Waals surface area contributed by atoms with Crippen molar-refractivity contribution in [1.29, 1.82) is 0 Å². The first-order valence-electron chi connectivity index (χ1n) is 7.35. The Morgan fingerprint density at radius 2 is 2.04 bits per heavy atom. The van der Waals surface area contributed by atoms with Gasteiger partial charge in [-0.25, -0.2) is 0 Å². The number of rotatable bonds is 4. The molecule has 3 heterocycles. The molecule has 0 aliphatic carbocycles. The van der Waals surface area contributed by atoms with E-state index in [1.165, 1.54) is 7.11 Å². The van der Waals surface area contributed by atoms with Crippen molar-refractivity contribution in [2.75, 3.05) is 20.2 Å². The Morgan fingerprint density at radius 3 is 2.65 bits per heavy atom. The number of aryl methyl sites for hydroxylation is 2. The first kappa shape index (κ1) is 15.3. The smallest absolute Gasteiger partial charge is 0.259 e. The average molecular weight is 318 g/mol.